The van der Waals surface area contributed by atoms with Crippen molar-refractivity contribution in [2.75, 3.05) is 0 Å². The van der Waals surface area contributed by atoms with E-state index in [1.165, 1.54) is 0 Å². The second-order valence-corrected chi connectivity index (χ2v) is 5.75. The van der Waals surface area contributed by atoms with E-state index in [9.17, 15) is 4.79 Å². The lowest BCUT2D eigenvalue weighted by atomic mass is 10.1. The highest BCUT2D eigenvalue weighted by molar-refractivity contribution is 6.15. The van der Waals surface area contributed by atoms with Crippen LogP contribution >= 0.6 is 0 Å². The topological polar surface area (TPSA) is 76.8 Å². The molecule has 5 heteroatoms. The van der Waals surface area contributed by atoms with Crippen molar-refractivity contribution < 1.29 is 0 Å². The minimum atomic E-state index is -0.142. The normalized spacial score (nSPS) is 16.2. The fourth-order valence-corrected chi connectivity index (χ4v) is 2.98. The van der Waals surface area contributed by atoms with Gasteiger partial charge in [0.1, 0.15) is 0 Å². The van der Waals surface area contributed by atoms with Gasteiger partial charge in [-0.25, -0.2) is 0 Å². The van der Waals surface area contributed by atoms with Crippen LogP contribution in [0.25, 0.3) is 11.6 Å². The van der Waals surface area contributed by atoms with Crippen LogP contribution in [0.5, 0.6) is 0 Å². The van der Waals surface area contributed by atoms with Crippen molar-refractivity contribution in [3.05, 3.63) is 73.8 Å². The summed E-state index contributed by atoms with van der Waals surface area (Å²) in [5, 5.41) is 7.04. The third-order valence-electron chi connectivity index (χ3n) is 4.09. The van der Waals surface area contributed by atoms with Crippen LogP contribution in [-0.2, 0) is 0 Å². The maximum atomic E-state index is 12.2. The smallest absolute Gasteiger partial charge is 0.271 e. The Morgan fingerprint density at radius 3 is 2.74 bits per heavy atom. The van der Waals surface area contributed by atoms with Crippen molar-refractivity contribution >= 4 is 23.6 Å². The first-order chi connectivity index (χ1) is 11.1. The third-order valence-corrected chi connectivity index (χ3v) is 4.09. The molecule has 1 aromatic carbocycles. The van der Waals surface area contributed by atoms with Crippen molar-refractivity contribution in [1.29, 1.82) is 0 Å². The highest BCUT2D eigenvalue weighted by atomic mass is 16.1. The molecule has 0 atom stereocenters. The molecule has 3 N–H and O–H groups in total. The molecule has 5 nitrogen and oxygen atoms in total. The Hall–Kier alpha value is -3.08. The molecular weight excluding hydrogens is 288 g/mol. The number of aromatic amines is 3. The van der Waals surface area contributed by atoms with E-state index in [4.69, 9.17) is 0 Å². The fraction of sp³-hybridized carbons (Fsp3) is 0.111. The Kier molecular flexibility index (Phi) is 2.94. The molecule has 0 radical (unpaired) electrons. The average molecular weight is 304 g/mol. The van der Waals surface area contributed by atoms with Crippen molar-refractivity contribution in [3.63, 3.8) is 0 Å². The minimum absolute atomic E-state index is 0.142. The average Bonchev–Trinajstić information content (AvgIpc) is 3.19. The molecule has 0 spiro atoms. The number of hydrogen-bond donors (Lipinski definition) is 3. The highest BCUT2D eigenvalue weighted by Gasteiger charge is 2.14. The number of aromatic nitrogens is 3. The van der Waals surface area contributed by atoms with Gasteiger partial charge < -0.3 is 4.98 Å². The van der Waals surface area contributed by atoms with Crippen molar-refractivity contribution in [1.82, 2.24) is 15.2 Å². The van der Waals surface area contributed by atoms with Gasteiger partial charge in [0.15, 0.2) is 0 Å². The molecule has 3 aromatic rings. The lowest BCUT2D eigenvalue weighted by molar-refractivity contribution is 1.03. The number of H-pyrrole nitrogens is 3. The van der Waals surface area contributed by atoms with Crippen LogP contribution in [-0.4, -0.2) is 21.4 Å². The molecule has 114 valence electrons. The van der Waals surface area contributed by atoms with Crippen molar-refractivity contribution in [2.45, 2.75) is 13.8 Å². The van der Waals surface area contributed by atoms with Gasteiger partial charge >= 0.3 is 0 Å². The fourth-order valence-electron chi connectivity index (χ4n) is 2.98. The molecule has 0 saturated heterocycles. The number of para-hydroxylation sites is 1. The molecule has 0 amide bonds. The zero-order valence-electron chi connectivity index (χ0n) is 12.9. The van der Waals surface area contributed by atoms with Gasteiger partial charge in [0.05, 0.1) is 16.3 Å². The summed E-state index contributed by atoms with van der Waals surface area (Å²) in [5.74, 6) is 0. The van der Waals surface area contributed by atoms with Crippen LogP contribution in [0.3, 0.4) is 0 Å². The van der Waals surface area contributed by atoms with Gasteiger partial charge in [0.2, 0.25) is 0 Å². The van der Waals surface area contributed by atoms with Crippen LogP contribution in [0.2, 0.25) is 0 Å². The molecule has 1 aliphatic rings. The summed E-state index contributed by atoms with van der Waals surface area (Å²) in [7, 11) is 0. The molecule has 0 unspecified atom stereocenters. The first-order valence-electron chi connectivity index (χ1n) is 7.46. The number of rotatable bonds is 1. The summed E-state index contributed by atoms with van der Waals surface area (Å²) in [6.45, 7) is 4.02. The first-order valence-corrected chi connectivity index (χ1v) is 7.46. The zero-order valence-corrected chi connectivity index (χ0v) is 12.9. The Morgan fingerprint density at radius 2 is 1.96 bits per heavy atom. The second-order valence-electron chi connectivity index (χ2n) is 5.75. The number of nitrogens with zero attached hydrogens (tertiary/aromatic N) is 1. The van der Waals surface area contributed by atoms with Gasteiger partial charge in [-0.3, -0.25) is 20.0 Å². The van der Waals surface area contributed by atoms with Crippen LogP contribution in [0.4, 0.5) is 5.69 Å². The zero-order chi connectivity index (χ0) is 16.0. The molecule has 0 fully saturated rings. The number of hydrogen-bond acceptors (Lipinski definition) is 2. The van der Waals surface area contributed by atoms with Gasteiger partial charge in [-0.1, -0.05) is 18.2 Å². The Balaban J connectivity index is 2.05. The lowest BCUT2D eigenvalue weighted by Gasteiger charge is -1.97. The first kappa shape index (κ1) is 13.6. The second kappa shape index (κ2) is 4.98. The van der Waals surface area contributed by atoms with Crippen LogP contribution in [0, 0.1) is 13.8 Å². The lowest BCUT2D eigenvalue weighted by Crippen LogP contribution is -2.35. The van der Waals surface area contributed by atoms with Crippen LogP contribution < -0.4 is 16.1 Å². The van der Waals surface area contributed by atoms with E-state index >= 15 is 0 Å². The molecule has 2 aromatic heterocycles. The predicted molar refractivity (Wildman–Crippen MR) is 91.6 cm³/mol. The standard InChI is InChI=1S/C18H16N4O/c1-10-7-11(2)20-16(10)8-13-17(21-22-18(13)23)14-9-19-15-6-4-3-5-12(14)15/h3-9,20-21H,1-2H3,(H,22,23)/b13-8?,17-14+. The third kappa shape index (κ3) is 2.17. The Bertz CT molecular complexity index is 1110. The highest BCUT2D eigenvalue weighted by Crippen LogP contribution is 2.28. The van der Waals surface area contributed by atoms with Crippen molar-refractivity contribution in [2.24, 2.45) is 4.99 Å². The molecular formula is C18H16N4O. The molecule has 0 saturated carbocycles. The summed E-state index contributed by atoms with van der Waals surface area (Å²) in [6.07, 6.45) is 3.68. The molecule has 23 heavy (non-hydrogen) atoms. The summed E-state index contributed by atoms with van der Waals surface area (Å²) < 4.78 is 0. The van der Waals surface area contributed by atoms with Crippen molar-refractivity contribution in [3.8, 4) is 0 Å². The van der Waals surface area contributed by atoms with E-state index in [-0.39, 0.29) is 5.56 Å². The molecule has 0 aliphatic carbocycles. The number of aliphatic imine (C=N–C) groups is 1. The predicted octanol–water partition coefficient (Wildman–Crippen LogP) is 1.39. The molecule has 3 heterocycles. The maximum absolute atomic E-state index is 12.2. The summed E-state index contributed by atoms with van der Waals surface area (Å²) >= 11 is 0. The summed E-state index contributed by atoms with van der Waals surface area (Å²) in [4.78, 5) is 19.9. The SMILES string of the molecule is Cc1cc(C)c(C=c2c(=O)[nH][nH]/c2=C2\C=Nc3ccccc32)[nH]1. The Labute approximate surface area is 132 Å². The maximum Gasteiger partial charge on any atom is 0.271 e. The van der Waals surface area contributed by atoms with Gasteiger partial charge in [-0.2, -0.15) is 0 Å². The van der Waals surface area contributed by atoms with Crippen LogP contribution in [0.15, 0.2) is 40.1 Å². The minimum Gasteiger partial charge on any atom is -0.359 e. The quantitative estimate of drug-likeness (QED) is 0.624. The monoisotopic (exact) mass is 304 g/mol. The Morgan fingerprint density at radius 1 is 1.13 bits per heavy atom. The summed E-state index contributed by atoms with van der Waals surface area (Å²) in [5.41, 5.74) is 5.85. The van der Waals surface area contributed by atoms with Gasteiger partial charge in [-0.15, -0.1) is 0 Å². The summed E-state index contributed by atoms with van der Waals surface area (Å²) in [6, 6.07) is 9.96. The largest absolute Gasteiger partial charge is 0.359 e. The van der Waals surface area contributed by atoms with E-state index < -0.39 is 0 Å². The van der Waals surface area contributed by atoms with E-state index in [1.54, 1.807) is 6.21 Å². The molecule has 4 rings (SSSR count). The number of benzene rings is 1. The van der Waals surface area contributed by atoms with Crippen LogP contribution in [0.1, 0.15) is 22.5 Å². The van der Waals surface area contributed by atoms with E-state index in [0.717, 1.165) is 39.1 Å². The van der Waals surface area contributed by atoms with E-state index in [2.05, 4.69) is 26.2 Å². The van der Waals surface area contributed by atoms with E-state index in [0.29, 0.717) is 5.22 Å². The number of nitrogens with one attached hydrogen (secondary N) is 3. The van der Waals surface area contributed by atoms with Gasteiger partial charge in [0, 0.05) is 28.7 Å². The number of fused-ring (bicyclic) bond motifs is 1. The number of aryl methyl sites for hydroxylation is 2. The molecule has 1 aliphatic heterocycles. The van der Waals surface area contributed by atoms with Gasteiger partial charge in [-0.05, 0) is 37.6 Å². The van der Waals surface area contributed by atoms with E-state index in [1.807, 2.05) is 44.2 Å². The molecule has 0 bridgehead atoms. The van der Waals surface area contributed by atoms with Gasteiger partial charge in [0.25, 0.3) is 5.56 Å².